The maximum atomic E-state index is 12.8. The molecule has 2 heterocycles. The van der Waals surface area contributed by atoms with Crippen LogP contribution in [0.4, 0.5) is 0 Å². The number of carbonyl (C=O) groups is 8. The monoisotopic (exact) mass is 1770 g/mol. The molecule has 29 heteroatoms. The zero-order chi connectivity index (χ0) is 89.5. The number of hydrogen-bond acceptors (Lipinski definition) is 25. The van der Waals surface area contributed by atoms with Gasteiger partial charge >= 0.3 is 47.8 Å². The van der Waals surface area contributed by atoms with Crippen LogP contribution in [0.1, 0.15) is 213 Å². The van der Waals surface area contributed by atoms with Crippen LogP contribution in [0.5, 0.6) is 0 Å². The van der Waals surface area contributed by atoms with Crippen molar-refractivity contribution in [3.05, 3.63) is 127 Å². The summed E-state index contributed by atoms with van der Waals surface area (Å²) in [4.78, 5) is 98.2. The molecule has 11 atom stereocenters. The van der Waals surface area contributed by atoms with E-state index < -0.39 is 138 Å². The van der Waals surface area contributed by atoms with Gasteiger partial charge in [-0.25, -0.2) is 32.4 Å². The second kappa shape index (κ2) is 40.1. The van der Waals surface area contributed by atoms with Crippen molar-refractivity contribution >= 4 is 89.0 Å². The number of hydrogen-bond donors (Lipinski definition) is 0. The fraction of sp³-hybridized carbons (Fsp3) is 0.656. The summed E-state index contributed by atoms with van der Waals surface area (Å²) in [5, 5.41) is -0.903. The highest BCUT2D eigenvalue weighted by Gasteiger charge is 2.68. The maximum absolute atomic E-state index is 12.8. The van der Waals surface area contributed by atoms with Crippen LogP contribution in [0.2, 0.25) is 0 Å². The second-order valence-electron chi connectivity index (χ2n) is 37.6. The topological polar surface area (TPSA) is 354 Å². The summed E-state index contributed by atoms with van der Waals surface area (Å²) in [6.07, 6.45) is 14.2. The van der Waals surface area contributed by atoms with Crippen molar-refractivity contribution in [3.63, 3.8) is 0 Å². The van der Waals surface area contributed by atoms with Crippen molar-refractivity contribution < 1.29 is 114 Å². The van der Waals surface area contributed by atoms with Gasteiger partial charge in [0.2, 0.25) is 0 Å². The van der Waals surface area contributed by atoms with Gasteiger partial charge in [-0.05, 0) is 253 Å². The van der Waals surface area contributed by atoms with E-state index in [4.69, 9.17) is 41.5 Å². The Morgan fingerprint density at radius 1 is 0.492 bits per heavy atom. The van der Waals surface area contributed by atoms with Gasteiger partial charge in [0.1, 0.15) is 48.3 Å². The van der Waals surface area contributed by atoms with Crippen molar-refractivity contribution in [1.29, 1.82) is 0 Å². The highest BCUT2D eigenvalue weighted by atomic mass is 32.2. The standard InChI is InChI=1S/C19H32O2.C18H15S.C17H26O2.C15H22O7S.C13H16O7S.C11H18O7S/c1-6-18(4,5)17(20)21-19(12(2)3)15-8-13-7-14(10-15)11-16(19)9-13;1-4-10-16(11-5-1)19(17-12-6-2-7-13-17)18-14-8-3-9-15-18;1-10(2)16(18)19-17(11(3)4)14-6-12-5-13(8-14)9-15(17)7-12;1-4-15(2,3)14(17)20-7-11(16)21-12-8-5-9-10(6-8)23(18,19)22-13(9)12;1-6(2)13(15)18-5-10(14)19-11-7-3-8-9(4-7)21(16,17)20-12(8)11;1-4-9(18-11(13)8(2)3)7-10(12)17-5-6-19(14,15)16/h12-16H,6-11H2,1-5H3;1-15H;11-15H,1,5-9H2,2-4H3;8-10,12-13H,4-7H2,1-3H3;7-9,11-12H,1,3-5H2,2H3;9H,2,4-7H2,1,3H3,(H,14,15,16)/q;+1;;;;/p-1. The van der Waals surface area contributed by atoms with Gasteiger partial charge in [-0.1, -0.05) is 123 Å². The maximum Gasteiger partial charge on any atom is 0.344 e. The fourth-order valence-electron chi connectivity index (χ4n) is 21.3. The number of rotatable bonds is 27. The largest absolute Gasteiger partial charge is 0.748 e. The van der Waals surface area contributed by atoms with E-state index in [1.807, 2.05) is 20.8 Å². The molecule has 122 heavy (non-hydrogen) atoms. The Bertz CT molecular complexity index is 4470. The Morgan fingerprint density at radius 2 is 0.852 bits per heavy atom. The van der Waals surface area contributed by atoms with Crippen molar-refractivity contribution in [2.75, 3.05) is 25.6 Å². The molecule has 0 radical (unpaired) electrons. The minimum Gasteiger partial charge on any atom is -0.748 e. The molecule has 2 saturated heterocycles. The molecule has 12 bridgehead atoms. The lowest BCUT2D eigenvalue weighted by Gasteiger charge is -2.62. The molecular formula is C93H128O25S4. The van der Waals surface area contributed by atoms with E-state index in [1.165, 1.54) is 92.7 Å². The number of fused-ring (bicyclic) bond motifs is 2. The summed E-state index contributed by atoms with van der Waals surface area (Å²) >= 11 is 0. The van der Waals surface area contributed by atoms with Gasteiger partial charge in [-0.2, -0.15) is 16.8 Å². The van der Waals surface area contributed by atoms with Gasteiger partial charge in [-0.15, -0.1) is 0 Å². The zero-order valence-corrected chi connectivity index (χ0v) is 76.6. The van der Waals surface area contributed by atoms with Gasteiger partial charge in [0.25, 0.3) is 20.2 Å². The quantitative estimate of drug-likeness (QED) is 0.0171. The molecule has 0 aromatic heterocycles. The minimum absolute atomic E-state index is 0.00284. The smallest absolute Gasteiger partial charge is 0.344 e. The van der Waals surface area contributed by atoms with Crippen LogP contribution in [0.25, 0.3) is 0 Å². The molecular weight excluding hydrogens is 1650 g/mol. The summed E-state index contributed by atoms with van der Waals surface area (Å²) in [6.45, 7) is 36.0. The SMILES string of the molecule is C=C(C)C(=O)OC(CC)CC(=O)OCCS(=O)(=O)[O-].C=C(C)C(=O)OC1(C(C)C)C2CC3CC(C2)CC1C3.C=C(C)C(=O)OCC(=O)OC1C2CC3C1OS(=O)(=O)C3C2.CCC(C)(C)C(=O)OC1(C(C)C)C2CC3CC(C2)CC1C3.CCC(C)(C)C(=O)OCC(=O)OC1C2CC3C1OS(=O)(=O)C3C2.c1ccc([S+](c2ccccc2)c2ccccc2)cc1. The average molecular weight is 1770 g/mol. The van der Waals surface area contributed by atoms with Crippen molar-refractivity contribution in [3.8, 4) is 0 Å². The Labute approximate surface area is 725 Å². The van der Waals surface area contributed by atoms with Crippen LogP contribution in [0.3, 0.4) is 0 Å². The van der Waals surface area contributed by atoms with Crippen LogP contribution >= 0.6 is 0 Å². The van der Waals surface area contributed by atoms with Gasteiger partial charge < -0.3 is 42.4 Å². The zero-order valence-electron chi connectivity index (χ0n) is 73.3. The van der Waals surface area contributed by atoms with E-state index in [0.29, 0.717) is 79.6 Å². The fourth-order valence-corrected chi connectivity index (χ4v) is 27.4. The number of ether oxygens (including phenoxy) is 8. The summed E-state index contributed by atoms with van der Waals surface area (Å²) in [5.41, 5.74) is -0.437. The molecule has 0 spiro atoms. The summed E-state index contributed by atoms with van der Waals surface area (Å²) in [5.74, 6) is 1.99. The molecule has 14 fully saturated rings. The second-order valence-corrected chi connectivity index (χ2v) is 44.7. The Morgan fingerprint density at radius 3 is 1.20 bits per heavy atom. The molecule has 12 saturated carbocycles. The van der Waals surface area contributed by atoms with Crippen LogP contribution < -0.4 is 0 Å². The van der Waals surface area contributed by atoms with Crippen molar-refractivity contribution in [2.45, 2.75) is 279 Å². The van der Waals surface area contributed by atoms with Crippen molar-refractivity contribution in [1.82, 2.24) is 0 Å². The Hall–Kier alpha value is -7.28. The first-order chi connectivity index (χ1) is 57.3. The van der Waals surface area contributed by atoms with Crippen LogP contribution in [0, 0.1) is 93.7 Å². The molecule has 14 aliphatic rings. The first kappa shape index (κ1) is 96.9. The highest BCUT2D eigenvalue weighted by Crippen LogP contribution is 2.64. The van der Waals surface area contributed by atoms with E-state index in [9.17, 15) is 68.2 Å². The molecule has 12 aliphatic carbocycles. The van der Waals surface area contributed by atoms with Gasteiger partial charge in [0.05, 0.1) is 54.5 Å². The molecule has 17 rings (SSSR count). The van der Waals surface area contributed by atoms with Gasteiger partial charge in [0, 0.05) is 40.4 Å². The van der Waals surface area contributed by atoms with E-state index in [-0.39, 0.29) is 80.7 Å². The third kappa shape index (κ3) is 22.6. The van der Waals surface area contributed by atoms with Gasteiger partial charge in [0.15, 0.2) is 27.9 Å². The molecule has 0 N–H and O–H groups in total. The normalized spacial score (nSPS) is 31.1. The molecule has 25 nitrogen and oxygen atoms in total. The van der Waals surface area contributed by atoms with Crippen LogP contribution in [0.15, 0.2) is 142 Å². The summed E-state index contributed by atoms with van der Waals surface area (Å²) in [7, 11) is -11.5. The Kier molecular flexibility index (Phi) is 31.9. The summed E-state index contributed by atoms with van der Waals surface area (Å²) in [6, 6.07) is 32.2. The molecule has 674 valence electrons. The van der Waals surface area contributed by atoms with Crippen LogP contribution in [-0.2, 0) is 126 Å². The third-order valence-electron chi connectivity index (χ3n) is 27.8. The lowest BCUT2D eigenvalue weighted by molar-refractivity contribution is -0.231. The summed E-state index contributed by atoms with van der Waals surface area (Å²) < 4.78 is 131. The van der Waals surface area contributed by atoms with E-state index in [0.717, 1.165) is 30.1 Å². The van der Waals surface area contributed by atoms with E-state index in [1.54, 1.807) is 27.7 Å². The molecule has 0 amide bonds. The highest BCUT2D eigenvalue weighted by molar-refractivity contribution is 7.97. The van der Waals surface area contributed by atoms with Crippen LogP contribution in [-0.4, -0.2) is 155 Å². The average Bonchev–Trinajstić information content (AvgIpc) is 1.55. The van der Waals surface area contributed by atoms with Crippen molar-refractivity contribution in [2.24, 2.45) is 93.7 Å². The predicted octanol–water partition coefficient (Wildman–Crippen LogP) is 15.1. The molecule has 3 aromatic carbocycles. The van der Waals surface area contributed by atoms with E-state index in [2.05, 4.69) is 150 Å². The molecule has 2 aliphatic heterocycles. The predicted molar refractivity (Wildman–Crippen MR) is 455 cm³/mol. The minimum atomic E-state index is -4.41. The molecule has 3 aromatic rings. The first-order valence-corrected chi connectivity index (χ1v) is 49.2. The first-order valence-electron chi connectivity index (χ1n) is 43.5. The number of esters is 8. The Balaban J connectivity index is 0.000000154. The van der Waals surface area contributed by atoms with Gasteiger partial charge in [-0.3, -0.25) is 22.7 Å². The van der Waals surface area contributed by atoms with E-state index >= 15 is 0 Å². The third-order valence-corrected chi connectivity index (χ3v) is 34.2. The number of benzene rings is 3. The lowest BCUT2D eigenvalue weighted by Crippen LogP contribution is -2.63. The number of carbonyl (C=O) groups excluding carboxylic acids is 8. The lowest BCUT2D eigenvalue weighted by atomic mass is 9.47. The molecule has 11 unspecified atom stereocenters.